The average molecular weight is 454 g/mol. The molecule has 166 valence electrons. The van der Waals surface area contributed by atoms with Gasteiger partial charge in [-0.05, 0) is 54.8 Å². The summed E-state index contributed by atoms with van der Waals surface area (Å²) in [5.41, 5.74) is 2.24. The van der Waals surface area contributed by atoms with Gasteiger partial charge in [0.1, 0.15) is 5.76 Å². The summed E-state index contributed by atoms with van der Waals surface area (Å²) in [5, 5.41) is 5.59. The number of carbonyl (C=O) groups excluding carboxylic acids is 2. The van der Waals surface area contributed by atoms with Crippen LogP contribution in [0.15, 0.2) is 76.2 Å². The smallest absolute Gasteiger partial charge is 0.241 e. The lowest BCUT2D eigenvalue weighted by Crippen LogP contribution is -2.30. The van der Waals surface area contributed by atoms with Gasteiger partial charge >= 0.3 is 0 Å². The van der Waals surface area contributed by atoms with E-state index >= 15 is 0 Å². The fourth-order valence-corrected chi connectivity index (χ4v) is 4.62. The molecule has 0 fully saturated rings. The molecule has 1 atom stereocenters. The van der Waals surface area contributed by atoms with Crippen molar-refractivity contribution >= 4 is 33.2 Å². The van der Waals surface area contributed by atoms with Gasteiger partial charge in [0.15, 0.2) is 0 Å². The van der Waals surface area contributed by atoms with Crippen LogP contribution in [0.2, 0.25) is 0 Å². The predicted octanol–water partition coefficient (Wildman–Crippen LogP) is 3.29. The van der Waals surface area contributed by atoms with E-state index in [1.165, 1.54) is 18.4 Å². The van der Waals surface area contributed by atoms with Crippen molar-refractivity contribution in [2.75, 3.05) is 10.6 Å². The number of hydrogen-bond donors (Lipinski definition) is 3. The van der Waals surface area contributed by atoms with Crippen molar-refractivity contribution in [2.45, 2.75) is 30.7 Å². The number of fused-ring (bicyclic) bond motifs is 1. The van der Waals surface area contributed by atoms with E-state index in [0.29, 0.717) is 24.3 Å². The van der Waals surface area contributed by atoms with Crippen LogP contribution in [0.3, 0.4) is 0 Å². The minimum absolute atomic E-state index is 0.0263. The second-order valence-electron chi connectivity index (χ2n) is 7.57. The quantitative estimate of drug-likeness (QED) is 0.484. The molecule has 0 saturated heterocycles. The third kappa shape index (κ3) is 5.24. The first-order chi connectivity index (χ1) is 15.4. The highest BCUT2D eigenvalue weighted by atomic mass is 32.2. The number of anilines is 2. The van der Waals surface area contributed by atoms with E-state index in [1.807, 2.05) is 24.3 Å². The van der Waals surface area contributed by atoms with E-state index < -0.39 is 10.0 Å². The van der Waals surface area contributed by atoms with Gasteiger partial charge in [0.25, 0.3) is 0 Å². The van der Waals surface area contributed by atoms with Crippen molar-refractivity contribution in [3.05, 3.63) is 78.3 Å². The lowest BCUT2D eigenvalue weighted by molar-refractivity contribution is -0.121. The Balaban J connectivity index is 1.33. The number of benzene rings is 2. The first-order valence-electron chi connectivity index (χ1n) is 10.2. The first kappa shape index (κ1) is 21.8. The van der Waals surface area contributed by atoms with Crippen LogP contribution in [0.1, 0.15) is 24.2 Å². The molecule has 0 unspecified atom stereocenters. The molecule has 1 aliphatic rings. The SMILES string of the molecule is O=C(CC[C@H]1Cc2ccccc2NC1=O)Nc1cccc(S(=O)(=O)NCc2ccco2)c1. The maximum absolute atomic E-state index is 12.5. The van der Waals surface area contributed by atoms with Crippen LogP contribution in [-0.4, -0.2) is 20.2 Å². The highest BCUT2D eigenvalue weighted by molar-refractivity contribution is 7.89. The number of furan rings is 1. The van der Waals surface area contributed by atoms with Crippen molar-refractivity contribution in [2.24, 2.45) is 5.92 Å². The Morgan fingerprint density at radius 3 is 2.75 bits per heavy atom. The van der Waals surface area contributed by atoms with Gasteiger partial charge < -0.3 is 15.1 Å². The van der Waals surface area contributed by atoms with Crippen LogP contribution in [0.25, 0.3) is 0 Å². The molecule has 3 N–H and O–H groups in total. The molecule has 0 radical (unpaired) electrons. The fraction of sp³-hybridized carbons (Fsp3) is 0.217. The molecule has 8 nitrogen and oxygen atoms in total. The number of amides is 2. The van der Waals surface area contributed by atoms with Crippen LogP contribution < -0.4 is 15.4 Å². The van der Waals surface area contributed by atoms with Gasteiger partial charge in [-0.15, -0.1) is 0 Å². The molecule has 2 aromatic carbocycles. The number of nitrogens with one attached hydrogen (secondary N) is 3. The Labute approximate surface area is 186 Å². The molecule has 3 aromatic rings. The zero-order chi connectivity index (χ0) is 22.6. The molecular weight excluding hydrogens is 430 g/mol. The lowest BCUT2D eigenvalue weighted by atomic mass is 9.89. The summed E-state index contributed by atoms with van der Waals surface area (Å²) in [7, 11) is -3.77. The Morgan fingerprint density at radius 1 is 1.09 bits per heavy atom. The van der Waals surface area contributed by atoms with Crippen molar-refractivity contribution in [3.63, 3.8) is 0 Å². The summed E-state index contributed by atoms with van der Waals surface area (Å²) >= 11 is 0. The molecule has 0 bridgehead atoms. The zero-order valence-corrected chi connectivity index (χ0v) is 18.0. The normalized spacial score (nSPS) is 15.6. The molecule has 0 aliphatic carbocycles. The second kappa shape index (κ2) is 9.37. The van der Waals surface area contributed by atoms with E-state index in [0.717, 1.165) is 11.3 Å². The third-order valence-electron chi connectivity index (χ3n) is 5.28. The van der Waals surface area contributed by atoms with Crippen molar-refractivity contribution in [3.8, 4) is 0 Å². The highest BCUT2D eigenvalue weighted by Crippen LogP contribution is 2.27. The molecular formula is C23H23N3O5S. The minimum Gasteiger partial charge on any atom is -0.468 e. The van der Waals surface area contributed by atoms with Gasteiger partial charge in [0, 0.05) is 23.7 Å². The highest BCUT2D eigenvalue weighted by Gasteiger charge is 2.26. The van der Waals surface area contributed by atoms with Crippen LogP contribution >= 0.6 is 0 Å². The summed E-state index contributed by atoms with van der Waals surface area (Å²) < 4.78 is 32.6. The van der Waals surface area contributed by atoms with E-state index in [-0.39, 0.29) is 35.6 Å². The number of hydrogen-bond acceptors (Lipinski definition) is 5. The molecule has 4 rings (SSSR count). The summed E-state index contributed by atoms with van der Waals surface area (Å²) in [5.74, 6) is -0.164. The van der Waals surface area contributed by atoms with Gasteiger partial charge in [-0.25, -0.2) is 13.1 Å². The van der Waals surface area contributed by atoms with E-state index in [4.69, 9.17) is 4.42 Å². The first-order valence-corrected chi connectivity index (χ1v) is 11.7. The van der Waals surface area contributed by atoms with Crippen LogP contribution in [-0.2, 0) is 32.6 Å². The second-order valence-corrected chi connectivity index (χ2v) is 9.33. The largest absolute Gasteiger partial charge is 0.468 e. The maximum atomic E-state index is 12.5. The monoisotopic (exact) mass is 453 g/mol. The van der Waals surface area contributed by atoms with E-state index in [9.17, 15) is 18.0 Å². The number of sulfonamides is 1. The molecule has 2 heterocycles. The van der Waals surface area contributed by atoms with Crippen molar-refractivity contribution in [1.29, 1.82) is 0 Å². The van der Waals surface area contributed by atoms with Gasteiger partial charge in [-0.1, -0.05) is 24.3 Å². The number of rotatable bonds is 8. The predicted molar refractivity (Wildman–Crippen MR) is 119 cm³/mol. The summed E-state index contributed by atoms with van der Waals surface area (Å²) in [6, 6.07) is 17.0. The fourth-order valence-electron chi connectivity index (χ4n) is 3.58. The lowest BCUT2D eigenvalue weighted by Gasteiger charge is -2.24. The maximum Gasteiger partial charge on any atom is 0.241 e. The van der Waals surface area contributed by atoms with Gasteiger partial charge in [-0.3, -0.25) is 9.59 Å². The molecule has 0 spiro atoms. The molecule has 2 amide bonds. The third-order valence-corrected chi connectivity index (χ3v) is 6.68. The van der Waals surface area contributed by atoms with Gasteiger partial charge in [0.2, 0.25) is 21.8 Å². The van der Waals surface area contributed by atoms with E-state index in [1.54, 1.807) is 24.3 Å². The molecule has 32 heavy (non-hydrogen) atoms. The van der Waals surface area contributed by atoms with Crippen LogP contribution in [0.5, 0.6) is 0 Å². The van der Waals surface area contributed by atoms with Crippen molar-refractivity contribution in [1.82, 2.24) is 4.72 Å². The summed E-state index contributed by atoms with van der Waals surface area (Å²) in [4.78, 5) is 24.8. The summed E-state index contributed by atoms with van der Waals surface area (Å²) in [6.45, 7) is 0.0263. The van der Waals surface area contributed by atoms with Crippen LogP contribution in [0, 0.1) is 5.92 Å². The Bertz CT molecular complexity index is 1220. The molecule has 1 aliphatic heterocycles. The van der Waals surface area contributed by atoms with Gasteiger partial charge in [0.05, 0.1) is 17.7 Å². The minimum atomic E-state index is -3.77. The molecule has 1 aromatic heterocycles. The molecule has 9 heteroatoms. The van der Waals surface area contributed by atoms with Crippen LogP contribution in [0.4, 0.5) is 11.4 Å². The average Bonchev–Trinajstić information content (AvgIpc) is 3.30. The summed E-state index contributed by atoms with van der Waals surface area (Å²) in [6.07, 6.45) is 2.60. The standard InChI is InChI=1S/C23H23N3O5S/c27-22(11-10-17-13-16-5-1-2-9-21(16)26-23(17)28)25-18-6-3-8-20(14-18)32(29,30)24-15-19-7-4-12-31-19/h1-9,12,14,17,24H,10-11,13,15H2,(H,25,27)(H,26,28)/t17-/m0/s1. The van der Waals surface area contributed by atoms with Crippen molar-refractivity contribution < 1.29 is 22.4 Å². The Morgan fingerprint density at radius 2 is 1.94 bits per heavy atom. The number of para-hydroxylation sites is 1. The topological polar surface area (TPSA) is 118 Å². The number of carbonyl (C=O) groups is 2. The zero-order valence-electron chi connectivity index (χ0n) is 17.2. The Kier molecular flexibility index (Phi) is 6.38. The van der Waals surface area contributed by atoms with Gasteiger partial charge in [-0.2, -0.15) is 0 Å². The molecule has 0 saturated carbocycles. The Hall–Kier alpha value is -3.43. The van der Waals surface area contributed by atoms with E-state index in [2.05, 4.69) is 15.4 Å².